The fourth-order valence-corrected chi connectivity index (χ4v) is 6.41. The molecule has 9 aromatic rings. The van der Waals surface area contributed by atoms with E-state index < -0.39 is 0 Å². The van der Waals surface area contributed by atoms with Crippen LogP contribution in [-0.2, 0) is 0 Å². The molecule has 6 heteroatoms. The van der Waals surface area contributed by atoms with Crippen molar-refractivity contribution in [3.05, 3.63) is 182 Å². The van der Waals surface area contributed by atoms with Gasteiger partial charge in [-0.3, -0.25) is 9.55 Å². The molecule has 6 aromatic carbocycles. The maximum atomic E-state index is 5.05. The maximum absolute atomic E-state index is 5.05. The molecule has 0 spiro atoms. The number of rotatable bonds is 7. The molecule has 9 rings (SSSR count). The van der Waals surface area contributed by atoms with Gasteiger partial charge in [0.2, 0.25) is 0 Å². The van der Waals surface area contributed by atoms with Crippen molar-refractivity contribution in [2.45, 2.75) is 0 Å². The Kier molecular flexibility index (Phi) is 7.72. The highest BCUT2D eigenvalue weighted by Gasteiger charge is 2.16. The summed E-state index contributed by atoms with van der Waals surface area (Å²) in [5, 5.41) is 0. The minimum Gasteiger partial charge on any atom is -0.291 e. The first-order chi connectivity index (χ1) is 25.3. The van der Waals surface area contributed by atoms with Crippen LogP contribution in [0.15, 0.2) is 182 Å². The predicted octanol–water partition coefficient (Wildman–Crippen LogP) is 10.6. The number of nitrogens with zero attached hydrogens (tertiary/aromatic N) is 6. The van der Waals surface area contributed by atoms with Crippen LogP contribution in [0.25, 0.3) is 84.7 Å². The summed E-state index contributed by atoms with van der Waals surface area (Å²) in [6, 6.07) is 59.8. The first-order valence-corrected chi connectivity index (χ1v) is 16.8. The van der Waals surface area contributed by atoms with Crippen LogP contribution in [0.2, 0.25) is 0 Å². The summed E-state index contributed by atoms with van der Waals surface area (Å²) in [4.78, 5) is 24.6. The Balaban J connectivity index is 1.10. The second-order valence-corrected chi connectivity index (χ2v) is 12.2. The van der Waals surface area contributed by atoms with Gasteiger partial charge in [0.25, 0.3) is 0 Å². The lowest BCUT2D eigenvalue weighted by atomic mass is 10.0. The third kappa shape index (κ3) is 5.96. The SMILES string of the molecule is c1ccc(-c2cccc(-c3nc(-c4ccccc4)nc(-c4cccc(-c5ccc(-n6c(-c7ccccn7)nc7ccccc76)cc5)c4)n3)c2)cc1. The van der Waals surface area contributed by atoms with Crippen molar-refractivity contribution >= 4 is 11.0 Å². The quantitative estimate of drug-likeness (QED) is 0.171. The van der Waals surface area contributed by atoms with Crippen molar-refractivity contribution in [2.75, 3.05) is 0 Å². The Morgan fingerprint density at radius 3 is 1.49 bits per heavy atom. The number of fused-ring (bicyclic) bond motifs is 1. The van der Waals surface area contributed by atoms with Crippen LogP contribution >= 0.6 is 0 Å². The summed E-state index contributed by atoms with van der Waals surface area (Å²) in [6.07, 6.45) is 1.80. The molecule has 0 radical (unpaired) electrons. The van der Waals surface area contributed by atoms with Crippen molar-refractivity contribution < 1.29 is 0 Å². The number of hydrogen-bond acceptors (Lipinski definition) is 5. The topological polar surface area (TPSA) is 69.4 Å². The molecule has 0 aliphatic heterocycles. The highest BCUT2D eigenvalue weighted by molar-refractivity contribution is 5.83. The van der Waals surface area contributed by atoms with Crippen molar-refractivity contribution in [3.63, 3.8) is 0 Å². The highest BCUT2D eigenvalue weighted by Crippen LogP contribution is 2.32. The molecular formula is C45H30N6. The van der Waals surface area contributed by atoms with Crippen molar-refractivity contribution in [1.29, 1.82) is 0 Å². The van der Waals surface area contributed by atoms with Gasteiger partial charge in [0.15, 0.2) is 23.3 Å². The van der Waals surface area contributed by atoms with Crippen LogP contribution in [-0.4, -0.2) is 29.5 Å². The van der Waals surface area contributed by atoms with Crippen LogP contribution < -0.4 is 0 Å². The molecule has 0 aliphatic carbocycles. The molecule has 3 aromatic heterocycles. The van der Waals surface area contributed by atoms with Gasteiger partial charge in [0.05, 0.1) is 11.0 Å². The minimum absolute atomic E-state index is 0.618. The maximum Gasteiger partial charge on any atom is 0.164 e. The lowest BCUT2D eigenvalue weighted by molar-refractivity contribution is 1.07. The third-order valence-corrected chi connectivity index (χ3v) is 8.93. The number of pyridine rings is 1. The summed E-state index contributed by atoms with van der Waals surface area (Å²) < 4.78 is 2.17. The van der Waals surface area contributed by atoms with E-state index in [-0.39, 0.29) is 0 Å². The summed E-state index contributed by atoms with van der Waals surface area (Å²) in [5.74, 6) is 2.68. The number of para-hydroxylation sites is 2. The molecule has 0 N–H and O–H groups in total. The van der Waals surface area contributed by atoms with Crippen LogP contribution in [0.1, 0.15) is 0 Å². The lowest BCUT2D eigenvalue weighted by Gasteiger charge is -2.12. The summed E-state index contributed by atoms with van der Waals surface area (Å²) in [6.45, 7) is 0. The molecule has 0 saturated heterocycles. The summed E-state index contributed by atoms with van der Waals surface area (Å²) in [5.41, 5.74) is 11.0. The molecule has 0 bridgehead atoms. The normalized spacial score (nSPS) is 11.1. The fourth-order valence-electron chi connectivity index (χ4n) is 6.41. The average Bonchev–Trinajstić information content (AvgIpc) is 3.62. The average molecular weight is 655 g/mol. The van der Waals surface area contributed by atoms with Gasteiger partial charge < -0.3 is 0 Å². The van der Waals surface area contributed by atoms with E-state index in [4.69, 9.17) is 19.9 Å². The first-order valence-electron chi connectivity index (χ1n) is 16.8. The monoisotopic (exact) mass is 654 g/mol. The third-order valence-electron chi connectivity index (χ3n) is 8.93. The summed E-state index contributed by atoms with van der Waals surface area (Å²) in [7, 11) is 0. The largest absolute Gasteiger partial charge is 0.291 e. The number of aromatic nitrogens is 6. The van der Waals surface area contributed by atoms with Crippen LogP contribution in [0.3, 0.4) is 0 Å². The molecule has 3 heterocycles. The van der Waals surface area contributed by atoms with Gasteiger partial charge >= 0.3 is 0 Å². The van der Waals surface area contributed by atoms with Crippen molar-refractivity contribution in [3.8, 4) is 73.6 Å². The van der Waals surface area contributed by atoms with Gasteiger partial charge in [-0.2, -0.15) is 0 Å². The molecule has 0 fully saturated rings. The highest BCUT2D eigenvalue weighted by atomic mass is 15.1. The molecule has 240 valence electrons. The molecule has 51 heavy (non-hydrogen) atoms. The van der Waals surface area contributed by atoms with Crippen molar-refractivity contribution in [1.82, 2.24) is 29.5 Å². The van der Waals surface area contributed by atoms with E-state index in [1.54, 1.807) is 6.20 Å². The van der Waals surface area contributed by atoms with Crippen LogP contribution in [0.5, 0.6) is 0 Å². The number of benzene rings is 6. The van der Waals surface area contributed by atoms with Gasteiger partial charge in [0.1, 0.15) is 5.69 Å². The smallest absolute Gasteiger partial charge is 0.164 e. The van der Waals surface area contributed by atoms with E-state index in [2.05, 4.69) is 113 Å². The summed E-state index contributed by atoms with van der Waals surface area (Å²) >= 11 is 0. The van der Waals surface area contributed by atoms with E-state index in [0.717, 1.165) is 67.2 Å². The van der Waals surface area contributed by atoms with Gasteiger partial charge in [-0.15, -0.1) is 0 Å². The van der Waals surface area contributed by atoms with E-state index in [0.29, 0.717) is 17.5 Å². The molecule has 6 nitrogen and oxygen atoms in total. The van der Waals surface area contributed by atoms with E-state index in [1.807, 2.05) is 72.8 Å². The van der Waals surface area contributed by atoms with Crippen molar-refractivity contribution in [2.24, 2.45) is 0 Å². The predicted molar refractivity (Wildman–Crippen MR) is 205 cm³/mol. The van der Waals surface area contributed by atoms with E-state index in [1.165, 1.54) is 0 Å². The second kappa shape index (κ2) is 13.1. The Labute approximate surface area is 295 Å². The molecule has 0 unspecified atom stereocenters. The molecular weight excluding hydrogens is 625 g/mol. The van der Waals surface area contributed by atoms with Gasteiger partial charge in [0, 0.05) is 28.6 Å². The lowest BCUT2D eigenvalue weighted by Crippen LogP contribution is -2.00. The standard InChI is InChI=1S/C45H30N6/c1-3-13-31(14-4-1)34-17-11-19-36(29-34)43-48-42(33-15-5-2-6-16-33)49-44(50-43)37-20-12-18-35(30-37)32-24-26-38(27-25-32)51-41-23-8-7-21-39(41)47-45(51)40-22-9-10-28-46-40/h1-30H. The Morgan fingerprint density at radius 1 is 0.353 bits per heavy atom. The Bertz CT molecular complexity index is 2620. The van der Waals surface area contributed by atoms with Gasteiger partial charge in [-0.1, -0.05) is 127 Å². The zero-order chi connectivity index (χ0) is 34.0. The Hall–Kier alpha value is -7.05. The first kappa shape index (κ1) is 30.0. The zero-order valence-corrected chi connectivity index (χ0v) is 27.5. The molecule has 0 atom stereocenters. The van der Waals surface area contributed by atoms with Gasteiger partial charge in [-0.05, 0) is 70.8 Å². The molecule has 0 saturated carbocycles. The molecule has 0 aliphatic rings. The van der Waals surface area contributed by atoms with Gasteiger partial charge in [-0.25, -0.2) is 19.9 Å². The second-order valence-electron chi connectivity index (χ2n) is 12.2. The Morgan fingerprint density at radius 2 is 0.863 bits per heavy atom. The number of imidazole rings is 1. The fraction of sp³-hybridized carbons (Fsp3) is 0. The van der Waals surface area contributed by atoms with E-state index in [9.17, 15) is 0 Å². The van der Waals surface area contributed by atoms with E-state index >= 15 is 0 Å². The van der Waals surface area contributed by atoms with Crippen LogP contribution in [0, 0.1) is 0 Å². The molecule has 0 amide bonds. The zero-order valence-electron chi connectivity index (χ0n) is 27.5. The van der Waals surface area contributed by atoms with Crippen LogP contribution in [0.4, 0.5) is 0 Å². The minimum atomic E-state index is 0.618. The number of hydrogen-bond donors (Lipinski definition) is 0.